The van der Waals surface area contributed by atoms with Gasteiger partial charge in [0.05, 0.1) is 0 Å². The quantitative estimate of drug-likeness (QED) is 0.921. The fourth-order valence-electron chi connectivity index (χ4n) is 3.14. The molecule has 0 saturated carbocycles. The molecule has 118 valence electrons. The molecule has 2 unspecified atom stereocenters. The number of nitrogens with one attached hydrogen (secondary N) is 1. The number of hydrogen-bond donors (Lipinski definition) is 1. The van der Waals surface area contributed by atoms with Crippen LogP contribution in [0.4, 0.5) is 0 Å². The zero-order chi connectivity index (χ0) is 15.5. The van der Waals surface area contributed by atoms with Crippen LogP contribution >= 0.6 is 0 Å². The Labute approximate surface area is 128 Å². The average molecular weight is 291 g/mol. The molecule has 0 bridgehead atoms. The average Bonchev–Trinajstić information content (AvgIpc) is 2.45. The lowest BCUT2D eigenvalue weighted by molar-refractivity contribution is 0.0519. The highest BCUT2D eigenvalue weighted by Gasteiger charge is 2.34. The Kier molecular flexibility index (Phi) is 5.22. The van der Waals surface area contributed by atoms with Crippen LogP contribution in [-0.4, -0.2) is 41.2 Å². The third kappa shape index (κ3) is 4.17. The van der Waals surface area contributed by atoms with Gasteiger partial charge in [-0.05, 0) is 17.9 Å². The molecule has 1 aliphatic rings. The first-order valence-corrected chi connectivity index (χ1v) is 8.04. The van der Waals surface area contributed by atoms with Crippen LogP contribution in [0, 0.1) is 5.41 Å². The van der Waals surface area contributed by atoms with Crippen molar-refractivity contribution in [1.82, 2.24) is 14.8 Å². The predicted octanol–water partition coefficient (Wildman–Crippen LogP) is 1.95. The molecule has 1 aromatic heterocycles. The summed E-state index contributed by atoms with van der Waals surface area (Å²) in [4.78, 5) is 14.4. The molecule has 0 radical (unpaired) electrons. The Morgan fingerprint density at radius 2 is 2.05 bits per heavy atom. The Hall–Kier alpha value is -1.13. The van der Waals surface area contributed by atoms with Gasteiger partial charge in [0.15, 0.2) is 0 Å². The predicted molar refractivity (Wildman–Crippen MR) is 87.6 cm³/mol. The van der Waals surface area contributed by atoms with E-state index < -0.39 is 0 Å². The van der Waals surface area contributed by atoms with Crippen molar-refractivity contribution in [2.45, 2.75) is 52.7 Å². The van der Waals surface area contributed by atoms with E-state index in [0.29, 0.717) is 12.1 Å². The maximum atomic E-state index is 11.8. The second kappa shape index (κ2) is 6.75. The summed E-state index contributed by atoms with van der Waals surface area (Å²) in [6.45, 7) is 12.9. The fourth-order valence-corrected chi connectivity index (χ4v) is 3.14. The SMILES string of the molecule is CCC1CN(CCn2ccccc2=O)C(C(C)(C)C)CN1. The van der Waals surface area contributed by atoms with Gasteiger partial charge < -0.3 is 9.88 Å². The van der Waals surface area contributed by atoms with E-state index in [0.717, 1.165) is 32.6 Å². The van der Waals surface area contributed by atoms with Gasteiger partial charge in [0.1, 0.15) is 0 Å². The maximum absolute atomic E-state index is 11.8. The van der Waals surface area contributed by atoms with E-state index in [4.69, 9.17) is 0 Å². The van der Waals surface area contributed by atoms with Crippen LogP contribution in [0.3, 0.4) is 0 Å². The summed E-state index contributed by atoms with van der Waals surface area (Å²) >= 11 is 0. The lowest BCUT2D eigenvalue weighted by atomic mass is 9.83. The second-order valence-electron chi connectivity index (χ2n) is 7.12. The molecule has 1 aliphatic heterocycles. The van der Waals surface area contributed by atoms with Crippen LogP contribution in [0.2, 0.25) is 0 Å². The Morgan fingerprint density at radius 1 is 1.29 bits per heavy atom. The fraction of sp³-hybridized carbons (Fsp3) is 0.706. The van der Waals surface area contributed by atoms with Crippen LogP contribution in [0.1, 0.15) is 34.1 Å². The summed E-state index contributed by atoms with van der Waals surface area (Å²) in [5.74, 6) is 0. The highest BCUT2D eigenvalue weighted by molar-refractivity contribution is 4.95. The molecule has 4 nitrogen and oxygen atoms in total. The smallest absolute Gasteiger partial charge is 0.250 e. The molecule has 0 spiro atoms. The van der Waals surface area contributed by atoms with Crippen molar-refractivity contribution < 1.29 is 0 Å². The molecule has 1 N–H and O–H groups in total. The third-order valence-electron chi connectivity index (χ3n) is 4.52. The number of aromatic nitrogens is 1. The van der Waals surface area contributed by atoms with Gasteiger partial charge in [-0.1, -0.05) is 33.8 Å². The third-order valence-corrected chi connectivity index (χ3v) is 4.52. The highest BCUT2D eigenvalue weighted by Crippen LogP contribution is 2.26. The van der Waals surface area contributed by atoms with Crippen molar-refractivity contribution in [3.63, 3.8) is 0 Å². The van der Waals surface area contributed by atoms with E-state index in [1.807, 2.05) is 16.8 Å². The van der Waals surface area contributed by atoms with Gasteiger partial charge in [-0.25, -0.2) is 0 Å². The molecule has 1 saturated heterocycles. The van der Waals surface area contributed by atoms with E-state index in [2.05, 4.69) is 37.9 Å². The number of piperazine rings is 1. The summed E-state index contributed by atoms with van der Waals surface area (Å²) in [6, 6.07) is 6.44. The van der Waals surface area contributed by atoms with E-state index in [9.17, 15) is 4.79 Å². The Bertz CT molecular complexity index is 503. The molecule has 1 fully saturated rings. The molecule has 2 heterocycles. The Morgan fingerprint density at radius 3 is 2.67 bits per heavy atom. The van der Waals surface area contributed by atoms with Crippen LogP contribution in [-0.2, 0) is 6.54 Å². The zero-order valence-corrected chi connectivity index (χ0v) is 13.8. The monoisotopic (exact) mass is 291 g/mol. The number of nitrogens with zero attached hydrogens (tertiary/aromatic N) is 2. The van der Waals surface area contributed by atoms with Crippen LogP contribution in [0.15, 0.2) is 29.2 Å². The first-order chi connectivity index (χ1) is 9.91. The maximum Gasteiger partial charge on any atom is 0.250 e. The van der Waals surface area contributed by atoms with Gasteiger partial charge in [-0.3, -0.25) is 9.69 Å². The topological polar surface area (TPSA) is 37.3 Å². The summed E-state index contributed by atoms with van der Waals surface area (Å²) in [6.07, 6.45) is 3.03. The first-order valence-electron chi connectivity index (χ1n) is 8.04. The molecule has 4 heteroatoms. The van der Waals surface area contributed by atoms with Crippen LogP contribution in [0.5, 0.6) is 0 Å². The number of rotatable bonds is 4. The molecule has 0 aromatic carbocycles. The van der Waals surface area contributed by atoms with Gasteiger partial charge in [-0.15, -0.1) is 0 Å². The molecule has 2 atom stereocenters. The lowest BCUT2D eigenvalue weighted by Crippen LogP contribution is -2.60. The van der Waals surface area contributed by atoms with Crippen LogP contribution < -0.4 is 10.9 Å². The van der Waals surface area contributed by atoms with Crippen LogP contribution in [0.25, 0.3) is 0 Å². The summed E-state index contributed by atoms with van der Waals surface area (Å²) in [7, 11) is 0. The standard InChI is InChI=1S/C17H29N3O/c1-5-14-13-20(15(12-18-14)17(2,3)4)11-10-19-9-7-6-8-16(19)21/h6-9,14-15,18H,5,10-13H2,1-4H3. The minimum absolute atomic E-state index is 0.0898. The van der Waals surface area contributed by atoms with Gasteiger partial charge in [0.25, 0.3) is 5.56 Å². The van der Waals surface area contributed by atoms with Gasteiger partial charge in [-0.2, -0.15) is 0 Å². The van der Waals surface area contributed by atoms with E-state index in [1.165, 1.54) is 0 Å². The second-order valence-corrected chi connectivity index (χ2v) is 7.12. The highest BCUT2D eigenvalue weighted by atomic mass is 16.1. The minimum Gasteiger partial charge on any atom is -0.314 e. The van der Waals surface area contributed by atoms with Crippen molar-refractivity contribution in [2.75, 3.05) is 19.6 Å². The summed E-state index contributed by atoms with van der Waals surface area (Å²) < 4.78 is 1.81. The Balaban J connectivity index is 2.06. The molecular weight excluding hydrogens is 262 g/mol. The van der Waals surface area contributed by atoms with Crippen molar-refractivity contribution in [3.8, 4) is 0 Å². The zero-order valence-electron chi connectivity index (χ0n) is 13.8. The molecule has 2 rings (SSSR count). The first kappa shape index (κ1) is 16.2. The van der Waals surface area contributed by atoms with Gasteiger partial charge in [0.2, 0.25) is 0 Å². The van der Waals surface area contributed by atoms with Gasteiger partial charge >= 0.3 is 0 Å². The van der Waals surface area contributed by atoms with E-state index >= 15 is 0 Å². The van der Waals surface area contributed by atoms with E-state index in [1.54, 1.807) is 12.1 Å². The molecule has 0 aliphatic carbocycles. The molecular formula is C17H29N3O. The van der Waals surface area contributed by atoms with Crippen molar-refractivity contribution in [3.05, 3.63) is 34.7 Å². The summed E-state index contributed by atoms with van der Waals surface area (Å²) in [5.41, 5.74) is 0.333. The lowest BCUT2D eigenvalue weighted by Gasteiger charge is -2.46. The van der Waals surface area contributed by atoms with Crippen molar-refractivity contribution >= 4 is 0 Å². The van der Waals surface area contributed by atoms with Gasteiger partial charge in [0, 0.05) is 50.5 Å². The summed E-state index contributed by atoms with van der Waals surface area (Å²) in [5, 5.41) is 3.65. The minimum atomic E-state index is 0.0898. The molecule has 1 aromatic rings. The molecule has 21 heavy (non-hydrogen) atoms. The molecule has 0 amide bonds. The largest absolute Gasteiger partial charge is 0.314 e. The van der Waals surface area contributed by atoms with E-state index in [-0.39, 0.29) is 11.0 Å². The van der Waals surface area contributed by atoms with Crippen molar-refractivity contribution in [1.29, 1.82) is 0 Å². The number of pyridine rings is 1. The normalized spacial score (nSPS) is 24.2. The number of hydrogen-bond acceptors (Lipinski definition) is 3. The van der Waals surface area contributed by atoms with Crippen molar-refractivity contribution in [2.24, 2.45) is 5.41 Å².